The van der Waals surface area contributed by atoms with Crippen LogP contribution < -0.4 is 10.6 Å². The fraction of sp³-hybridized carbons (Fsp3) is 0.889. The molecule has 1 saturated heterocycles. The third-order valence-electron chi connectivity index (χ3n) is 3.21. The van der Waals surface area contributed by atoms with Crippen molar-refractivity contribution >= 4 is 18.3 Å². The summed E-state index contributed by atoms with van der Waals surface area (Å²) in [6, 6.07) is 0. The molecule has 88 valence electrons. The topological polar surface area (TPSA) is 41.1 Å². The molecule has 1 spiro atoms. The van der Waals surface area contributed by atoms with Gasteiger partial charge >= 0.3 is 0 Å². The second-order valence-electron chi connectivity index (χ2n) is 4.18. The zero-order chi connectivity index (χ0) is 10.2. The molecule has 1 amide bonds. The molecule has 1 aliphatic heterocycles. The molecule has 2 N–H and O–H groups in total. The van der Waals surface area contributed by atoms with Crippen LogP contribution in [-0.4, -0.2) is 32.0 Å². The van der Waals surface area contributed by atoms with Gasteiger partial charge in [0.1, 0.15) is 0 Å². The molecule has 2 rings (SSSR count). The Kier molecular flexibility index (Phi) is 3.89. The Hall–Kier alpha value is -0.420. The van der Waals surface area contributed by atoms with Gasteiger partial charge in [0.2, 0.25) is 5.91 Å². The van der Waals surface area contributed by atoms with Gasteiger partial charge in [-0.15, -0.1) is 12.4 Å². The number of hydrogen-bond acceptors (Lipinski definition) is 2. The van der Waals surface area contributed by atoms with E-state index in [1.165, 1.54) is 0 Å². The summed E-state index contributed by atoms with van der Waals surface area (Å²) < 4.78 is 23.6. The second kappa shape index (κ2) is 4.61. The quantitative estimate of drug-likeness (QED) is 0.766. The zero-order valence-electron chi connectivity index (χ0n) is 8.26. The van der Waals surface area contributed by atoms with Gasteiger partial charge in [0.15, 0.2) is 0 Å². The second-order valence-corrected chi connectivity index (χ2v) is 4.18. The number of alkyl halides is 2. The summed E-state index contributed by atoms with van der Waals surface area (Å²) in [6.07, 6.45) is -0.593. The molecule has 0 radical (unpaired) electrons. The molecule has 0 aromatic heterocycles. The maximum atomic E-state index is 11.8. The van der Waals surface area contributed by atoms with E-state index in [1.54, 1.807) is 0 Å². The number of carbonyl (C=O) groups is 1. The number of halogens is 3. The summed E-state index contributed by atoms with van der Waals surface area (Å²) in [7, 11) is 0. The average Bonchev–Trinajstić information content (AvgIpc) is 2.61. The van der Waals surface area contributed by atoms with Gasteiger partial charge in [0.25, 0.3) is 6.43 Å². The highest BCUT2D eigenvalue weighted by Crippen LogP contribution is 2.56. The summed E-state index contributed by atoms with van der Waals surface area (Å²) >= 11 is 0. The molecule has 0 bridgehead atoms. The highest BCUT2D eigenvalue weighted by molar-refractivity contribution is 5.85. The zero-order valence-corrected chi connectivity index (χ0v) is 9.08. The number of hydrogen-bond donors (Lipinski definition) is 2. The Balaban J connectivity index is 0.00000112. The fourth-order valence-electron chi connectivity index (χ4n) is 2.25. The predicted molar refractivity (Wildman–Crippen MR) is 54.3 cm³/mol. The Morgan fingerprint density at radius 1 is 1.60 bits per heavy atom. The predicted octanol–water partition coefficient (Wildman–Crippen LogP) is 0.789. The van der Waals surface area contributed by atoms with Crippen LogP contribution in [0.4, 0.5) is 8.78 Å². The van der Waals surface area contributed by atoms with E-state index in [0.717, 1.165) is 25.9 Å². The summed E-state index contributed by atoms with van der Waals surface area (Å²) in [5.74, 6) is -0.231. The van der Waals surface area contributed by atoms with E-state index >= 15 is 0 Å². The van der Waals surface area contributed by atoms with Crippen LogP contribution in [0, 0.1) is 11.3 Å². The molecule has 6 heteroatoms. The molecule has 1 saturated carbocycles. The standard InChI is InChI=1S/C9H14F2N2O.ClH/c10-7(11)4-13-8(14)6-3-9(6)1-2-12-5-9;/h6-7,12H,1-5H2,(H,13,14);1H. The summed E-state index contributed by atoms with van der Waals surface area (Å²) in [4.78, 5) is 11.4. The van der Waals surface area contributed by atoms with Crippen molar-refractivity contribution in [2.75, 3.05) is 19.6 Å². The number of rotatable bonds is 3. The lowest BCUT2D eigenvalue weighted by Crippen LogP contribution is -2.31. The molecule has 0 aromatic carbocycles. The van der Waals surface area contributed by atoms with Crippen LogP contribution in [0.15, 0.2) is 0 Å². The SMILES string of the molecule is Cl.O=C(NCC(F)F)C1CC12CCNC2. The van der Waals surface area contributed by atoms with Crippen molar-refractivity contribution in [1.29, 1.82) is 0 Å². The summed E-state index contributed by atoms with van der Waals surface area (Å²) in [5, 5.41) is 5.48. The minimum Gasteiger partial charge on any atom is -0.350 e. The van der Waals surface area contributed by atoms with Crippen LogP contribution in [0.3, 0.4) is 0 Å². The normalized spacial score (nSPS) is 32.9. The third kappa shape index (κ3) is 2.58. The first-order chi connectivity index (χ1) is 6.64. The highest BCUT2D eigenvalue weighted by Gasteiger charge is 2.58. The molecule has 0 aromatic rings. The molecule has 2 unspecified atom stereocenters. The van der Waals surface area contributed by atoms with Crippen LogP contribution in [0.5, 0.6) is 0 Å². The minimum absolute atomic E-state index is 0. The van der Waals surface area contributed by atoms with Crippen LogP contribution in [0.2, 0.25) is 0 Å². The van der Waals surface area contributed by atoms with Gasteiger partial charge < -0.3 is 10.6 Å². The van der Waals surface area contributed by atoms with Crippen molar-refractivity contribution < 1.29 is 13.6 Å². The van der Waals surface area contributed by atoms with E-state index in [2.05, 4.69) is 10.6 Å². The average molecular weight is 241 g/mol. The Morgan fingerprint density at radius 2 is 2.33 bits per heavy atom. The van der Waals surface area contributed by atoms with E-state index < -0.39 is 13.0 Å². The van der Waals surface area contributed by atoms with Crippen LogP contribution in [0.1, 0.15) is 12.8 Å². The fourth-order valence-corrected chi connectivity index (χ4v) is 2.25. The molecule has 1 aliphatic carbocycles. The maximum Gasteiger partial charge on any atom is 0.255 e. The van der Waals surface area contributed by atoms with E-state index in [4.69, 9.17) is 0 Å². The Labute approximate surface area is 93.4 Å². The molecule has 2 atom stereocenters. The first kappa shape index (κ1) is 12.6. The first-order valence-corrected chi connectivity index (χ1v) is 4.91. The Bertz CT molecular complexity index is 244. The summed E-state index contributed by atoms with van der Waals surface area (Å²) in [5.41, 5.74) is 0.103. The van der Waals surface area contributed by atoms with E-state index in [-0.39, 0.29) is 29.6 Å². The van der Waals surface area contributed by atoms with Crippen LogP contribution in [0.25, 0.3) is 0 Å². The van der Waals surface area contributed by atoms with Gasteiger partial charge in [-0.1, -0.05) is 0 Å². The van der Waals surface area contributed by atoms with Gasteiger partial charge in [0.05, 0.1) is 6.54 Å². The lowest BCUT2D eigenvalue weighted by Gasteiger charge is -2.07. The molecule has 1 heterocycles. The smallest absolute Gasteiger partial charge is 0.255 e. The van der Waals surface area contributed by atoms with Gasteiger partial charge in [-0.25, -0.2) is 8.78 Å². The summed E-state index contributed by atoms with van der Waals surface area (Å²) in [6.45, 7) is 1.29. The van der Waals surface area contributed by atoms with Crippen LogP contribution in [-0.2, 0) is 4.79 Å². The van der Waals surface area contributed by atoms with E-state index in [9.17, 15) is 13.6 Å². The highest BCUT2D eigenvalue weighted by atomic mass is 35.5. The van der Waals surface area contributed by atoms with Crippen molar-refractivity contribution in [2.45, 2.75) is 19.3 Å². The van der Waals surface area contributed by atoms with E-state index in [0.29, 0.717) is 0 Å². The van der Waals surface area contributed by atoms with Crippen LogP contribution >= 0.6 is 12.4 Å². The largest absolute Gasteiger partial charge is 0.350 e. The molecular weight excluding hydrogens is 226 g/mol. The first-order valence-electron chi connectivity index (χ1n) is 4.91. The van der Waals surface area contributed by atoms with Crippen molar-refractivity contribution in [1.82, 2.24) is 10.6 Å². The number of nitrogens with one attached hydrogen (secondary N) is 2. The monoisotopic (exact) mass is 240 g/mol. The minimum atomic E-state index is -2.45. The molecular formula is C9H15ClF2N2O. The molecule has 3 nitrogen and oxygen atoms in total. The molecule has 2 fully saturated rings. The van der Waals surface area contributed by atoms with Crippen molar-refractivity contribution in [3.63, 3.8) is 0 Å². The Morgan fingerprint density at radius 3 is 2.87 bits per heavy atom. The van der Waals surface area contributed by atoms with Gasteiger partial charge in [-0.2, -0.15) is 0 Å². The maximum absolute atomic E-state index is 11.8. The lowest BCUT2D eigenvalue weighted by atomic mass is 10.0. The molecule has 2 aliphatic rings. The molecule has 15 heavy (non-hydrogen) atoms. The third-order valence-corrected chi connectivity index (χ3v) is 3.21. The number of amides is 1. The number of carbonyl (C=O) groups excluding carboxylic acids is 1. The van der Waals surface area contributed by atoms with Gasteiger partial charge in [-0.3, -0.25) is 4.79 Å². The van der Waals surface area contributed by atoms with E-state index in [1.807, 2.05) is 0 Å². The lowest BCUT2D eigenvalue weighted by molar-refractivity contribution is -0.123. The van der Waals surface area contributed by atoms with Gasteiger partial charge in [-0.05, 0) is 24.8 Å². The van der Waals surface area contributed by atoms with Crippen molar-refractivity contribution in [3.8, 4) is 0 Å². The van der Waals surface area contributed by atoms with Crippen molar-refractivity contribution in [2.24, 2.45) is 11.3 Å². The van der Waals surface area contributed by atoms with Gasteiger partial charge in [0, 0.05) is 12.5 Å². The van der Waals surface area contributed by atoms with Crippen molar-refractivity contribution in [3.05, 3.63) is 0 Å².